The monoisotopic (exact) mass is 726 g/mol. The number of hydrogen-bond donors (Lipinski definition) is 15. The molecule has 3 saturated carbocycles. The molecule has 15 N–H and O–H groups in total. The van der Waals surface area contributed by atoms with Crippen LogP contribution in [0.5, 0.6) is 0 Å². The summed E-state index contributed by atoms with van der Waals surface area (Å²) in [6.45, 7) is 0. The minimum absolute atomic E-state index is 1.32. The second kappa shape index (κ2) is 13.3. The Bertz CT molecular complexity index is 1090. The maximum atomic E-state index is 11.2. The maximum Gasteiger partial charge on any atom is 0.473 e. The van der Waals surface area contributed by atoms with Gasteiger partial charge in [-0.05, 0) is 0 Å². The SMILES string of the molecule is O=P1(O)OC2C(O)C(O)C(O)C(O)C2O1.O=P1(O)OC2C(O)C(O)C(O)C(O1)C2O.O=P1(O)OC2C(O)C(O)C(O1)C(O)C2O. The third kappa shape index (κ3) is 7.40. The summed E-state index contributed by atoms with van der Waals surface area (Å²) in [6, 6.07) is 0. The van der Waals surface area contributed by atoms with Crippen LogP contribution in [-0.4, -0.2) is 186 Å². The van der Waals surface area contributed by atoms with E-state index in [4.69, 9.17) is 14.7 Å². The number of aliphatic hydroxyl groups is 12. The van der Waals surface area contributed by atoms with Gasteiger partial charge in [0.05, 0.1) is 0 Å². The predicted molar refractivity (Wildman–Crippen MR) is 131 cm³/mol. The zero-order chi connectivity index (χ0) is 34.1. The van der Waals surface area contributed by atoms with Gasteiger partial charge in [-0.3, -0.25) is 27.1 Å². The number of hydrogen-bond acceptors (Lipinski definition) is 21. The molecule has 7 rings (SSSR count). The first-order valence-electron chi connectivity index (χ1n) is 12.8. The van der Waals surface area contributed by atoms with Gasteiger partial charge in [-0.15, -0.1) is 0 Å². The van der Waals surface area contributed by atoms with Crippen LogP contribution in [0.3, 0.4) is 0 Å². The predicted octanol–water partition coefficient (Wildman–Crippen LogP) is -8.02. The third-order valence-electron chi connectivity index (χ3n) is 7.67. The van der Waals surface area contributed by atoms with Gasteiger partial charge in [0.2, 0.25) is 0 Å². The van der Waals surface area contributed by atoms with Crippen molar-refractivity contribution < 1.29 is 117 Å². The van der Waals surface area contributed by atoms with Gasteiger partial charge in [-0.1, -0.05) is 0 Å². The average Bonchev–Trinajstić information content (AvgIpc) is 3.21. The molecule has 0 amide bonds. The Morgan fingerprint density at radius 3 is 0.689 bits per heavy atom. The molecule has 14 unspecified atom stereocenters. The van der Waals surface area contributed by atoms with E-state index in [1.54, 1.807) is 0 Å². The van der Waals surface area contributed by atoms with E-state index >= 15 is 0 Å². The highest BCUT2D eigenvalue weighted by molar-refractivity contribution is 7.48. The van der Waals surface area contributed by atoms with Crippen molar-refractivity contribution in [3.8, 4) is 0 Å². The zero-order valence-electron chi connectivity index (χ0n) is 22.1. The van der Waals surface area contributed by atoms with Crippen LogP contribution in [0.2, 0.25) is 0 Å². The van der Waals surface area contributed by atoms with Crippen molar-refractivity contribution in [3.63, 3.8) is 0 Å². The highest BCUT2D eigenvalue weighted by Crippen LogP contribution is 2.56. The van der Waals surface area contributed by atoms with E-state index in [0.29, 0.717) is 0 Å². The van der Waals surface area contributed by atoms with E-state index in [2.05, 4.69) is 27.1 Å². The molecule has 24 nitrogen and oxygen atoms in total. The molecule has 264 valence electrons. The first-order chi connectivity index (χ1) is 20.5. The molecule has 14 atom stereocenters. The van der Waals surface area contributed by atoms with Gasteiger partial charge in [0.25, 0.3) is 0 Å². The fourth-order valence-electron chi connectivity index (χ4n) is 5.29. The van der Waals surface area contributed by atoms with Crippen LogP contribution in [-0.2, 0) is 40.8 Å². The average molecular weight is 726 g/mol. The van der Waals surface area contributed by atoms with Crippen LogP contribution in [0, 0.1) is 0 Å². The van der Waals surface area contributed by atoms with Crippen LogP contribution < -0.4 is 0 Å². The number of phosphoric acid groups is 3. The molecule has 27 heteroatoms. The molecule has 7 aliphatic rings. The van der Waals surface area contributed by atoms with Crippen molar-refractivity contribution in [2.45, 2.75) is 110 Å². The summed E-state index contributed by atoms with van der Waals surface area (Å²) >= 11 is 0. The second-order valence-electron chi connectivity index (χ2n) is 10.7. The molecule has 4 heterocycles. The number of rotatable bonds is 0. The Kier molecular flexibility index (Phi) is 11.1. The molecule has 7 fully saturated rings. The molecule has 0 radical (unpaired) electrons. The van der Waals surface area contributed by atoms with Crippen molar-refractivity contribution in [2.24, 2.45) is 0 Å². The lowest BCUT2D eigenvalue weighted by Crippen LogP contribution is -2.66. The summed E-state index contributed by atoms with van der Waals surface area (Å²) in [5, 5.41) is 113. The zero-order valence-corrected chi connectivity index (χ0v) is 24.8. The topological polar surface area (TPSA) is 410 Å². The minimum Gasteiger partial charge on any atom is -0.387 e. The molecule has 0 aromatic heterocycles. The van der Waals surface area contributed by atoms with E-state index < -0.39 is 133 Å². The summed E-state index contributed by atoms with van der Waals surface area (Å²) < 4.78 is 59.8. The minimum atomic E-state index is -4.47. The van der Waals surface area contributed by atoms with Crippen LogP contribution in [0.15, 0.2) is 0 Å². The van der Waals surface area contributed by atoms with Gasteiger partial charge < -0.3 is 76.0 Å². The van der Waals surface area contributed by atoms with E-state index in [0.717, 1.165) is 0 Å². The largest absolute Gasteiger partial charge is 0.473 e. The van der Waals surface area contributed by atoms with Crippen molar-refractivity contribution in [2.75, 3.05) is 0 Å². The van der Waals surface area contributed by atoms with Gasteiger partial charge >= 0.3 is 23.5 Å². The standard InChI is InChI=1S/3C6H11O8P/c7-1-2(8)6-4(10)3(9)5(1)13-15(11,12)14-6;7-1-2(8)5-4(10)6(3(1)9)14-15(11,12)13-5;7-1-2(8)4(10)6-5(3(1)9)13-15(11,12)14-6/h3*1-10H,(H,11,12). The summed E-state index contributed by atoms with van der Waals surface area (Å²) in [5.41, 5.74) is 0. The van der Waals surface area contributed by atoms with Crippen molar-refractivity contribution in [1.82, 2.24) is 0 Å². The summed E-state index contributed by atoms with van der Waals surface area (Å²) in [4.78, 5) is 27.0. The maximum absolute atomic E-state index is 11.2. The molecule has 0 spiro atoms. The highest BCUT2D eigenvalue weighted by Gasteiger charge is 2.60. The van der Waals surface area contributed by atoms with Crippen LogP contribution >= 0.6 is 23.5 Å². The van der Waals surface area contributed by atoms with Gasteiger partial charge in [0.1, 0.15) is 110 Å². The third-order valence-corrected chi connectivity index (χ3v) is 10.7. The smallest absolute Gasteiger partial charge is 0.387 e. The molecule has 4 bridgehead atoms. The normalized spacial score (nSPS) is 60.3. The van der Waals surface area contributed by atoms with E-state index in [-0.39, 0.29) is 0 Å². The van der Waals surface area contributed by atoms with Gasteiger partial charge in [0, 0.05) is 0 Å². The quantitative estimate of drug-likeness (QED) is 0.103. The highest BCUT2D eigenvalue weighted by atomic mass is 31.2. The Morgan fingerprint density at radius 1 is 0.267 bits per heavy atom. The van der Waals surface area contributed by atoms with Gasteiger partial charge in [0.15, 0.2) is 0 Å². The molecule has 4 saturated heterocycles. The van der Waals surface area contributed by atoms with E-state index in [1.807, 2.05) is 0 Å². The Balaban J connectivity index is 0.000000154. The van der Waals surface area contributed by atoms with Crippen LogP contribution in [0.1, 0.15) is 0 Å². The van der Waals surface area contributed by atoms with Crippen molar-refractivity contribution in [3.05, 3.63) is 0 Å². The molecular formula is C18H33O24P3. The number of aliphatic hydroxyl groups excluding tert-OH is 12. The first-order valence-corrected chi connectivity index (χ1v) is 17.2. The first kappa shape index (κ1) is 37.7. The van der Waals surface area contributed by atoms with Crippen LogP contribution in [0.25, 0.3) is 0 Å². The van der Waals surface area contributed by atoms with Crippen molar-refractivity contribution >= 4 is 23.5 Å². The molecule has 0 aromatic rings. The van der Waals surface area contributed by atoms with E-state index in [9.17, 15) is 75.0 Å². The molecule has 4 aliphatic heterocycles. The Hall–Kier alpha value is -0.150. The molecular weight excluding hydrogens is 693 g/mol. The Morgan fingerprint density at radius 2 is 0.422 bits per heavy atom. The van der Waals surface area contributed by atoms with E-state index in [1.165, 1.54) is 0 Å². The summed E-state index contributed by atoms with van der Waals surface area (Å²) in [7, 11) is -13.2. The lowest BCUT2D eigenvalue weighted by atomic mass is 9.85. The number of phosphoric ester groups is 3. The van der Waals surface area contributed by atoms with Crippen molar-refractivity contribution in [1.29, 1.82) is 0 Å². The second-order valence-corrected chi connectivity index (χ2v) is 14.8. The van der Waals surface area contributed by atoms with Gasteiger partial charge in [-0.2, -0.15) is 0 Å². The molecule has 3 aliphatic carbocycles. The lowest BCUT2D eigenvalue weighted by molar-refractivity contribution is -0.238. The summed E-state index contributed by atoms with van der Waals surface area (Å²) in [6.07, 6.45) is -27.8. The fraction of sp³-hybridized carbons (Fsp3) is 1.00. The van der Waals surface area contributed by atoms with Crippen LogP contribution in [0.4, 0.5) is 0 Å². The molecule has 45 heavy (non-hydrogen) atoms. The lowest BCUT2D eigenvalue weighted by Gasteiger charge is -2.47. The van der Waals surface area contributed by atoms with Gasteiger partial charge in [-0.25, -0.2) is 13.7 Å². The Labute approximate surface area is 250 Å². The molecule has 0 aromatic carbocycles. The fourth-order valence-corrected chi connectivity index (χ4v) is 8.77. The number of fused-ring (bicyclic) bond motifs is 7. The summed E-state index contributed by atoms with van der Waals surface area (Å²) in [5.74, 6) is 0.